The standard InChI is InChI=1S/C20H31N3O4/c1-12-6-16-17(13(2)27-12)22-23(4-5-26-3)18(16)19(25)21-15-9-20(10-15)7-14(8-20)11-24/h12-15,24H,4-11H2,1-3H3,(H,21,25)/t12-,13+,14?,15?,20?/m0/s1. The molecule has 0 bridgehead atoms. The van der Waals surface area contributed by atoms with Crippen molar-refractivity contribution in [3.8, 4) is 0 Å². The molecule has 0 radical (unpaired) electrons. The van der Waals surface area contributed by atoms with Crippen LogP contribution in [0.5, 0.6) is 0 Å². The lowest BCUT2D eigenvalue weighted by Crippen LogP contribution is -2.56. The zero-order valence-electron chi connectivity index (χ0n) is 16.5. The maximum absolute atomic E-state index is 13.1. The number of ether oxygens (including phenoxy) is 2. The van der Waals surface area contributed by atoms with Crippen LogP contribution in [-0.2, 0) is 22.4 Å². The Morgan fingerprint density at radius 2 is 2.11 bits per heavy atom. The van der Waals surface area contributed by atoms with Crippen molar-refractivity contribution < 1.29 is 19.4 Å². The highest BCUT2D eigenvalue weighted by Crippen LogP contribution is 2.58. The largest absolute Gasteiger partial charge is 0.396 e. The van der Waals surface area contributed by atoms with Gasteiger partial charge in [-0.25, -0.2) is 0 Å². The first-order chi connectivity index (χ1) is 12.9. The van der Waals surface area contributed by atoms with Crippen LogP contribution in [-0.4, -0.2) is 53.3 Å². The van der Waals surface area contributed by atoms with Crippen molar-refractivity contribution in [2.24, 2.45) is 11.3 Å². The van der Waals surface area contributed by atoms with Crippen molar-refractivity contribution in [1.82, 2.24) is 15.1 Å². The minimum Gasteiger partial charge on any atom is -0.396 e. The van der Waals surface area contributed by atoms with Crippen LogP contribution in [0.15, 0.2) is 0 Å². The molecule has 2 saturated carbocycles. The van der Waals surface area contributed by atoms with Gasteiger partial charge < -0.3 is 19.9 Å². The molecule has 27 heavy (non-hydrogen) atoms. The summed E-state index contributed by atoms with van der Waals surface area (Å²) in [7, 11) is 1.66. The number of carbonyl (C=O) groups excluding carboxylic acids is 1. The molecular weight excluding hydrogens is 346 g/mol. The van der Waals surface area contributed by atoms with E-state index in [0.29, 0.717) is 43.2 Å². The number of methoxy groups -OCH3 is 1. The van der Waals surface area contributed by atoms with E-state index >= 15 is 0 Å². The molecule has 1 amide bonds. The monoisotopic (exact) mass is 377 g/mol. The van der Waals surface area contributed by atoms with Gasteiger partial charge in [-0.15, -0.1) is 0 Å². The first-order valence-electron chi connectivity index (χ1n) is 10.1. The SMILES string of the molecule is COCCn1nc2c(c1C(=O)NC1CC3(CC(CO)C3)C1)C[C@H](C)O[C@@H]2C. The maximum Gasteiger partial charge on any atom is 0.270 e. The summed E-state index contributed by atoms with van der Waals surface area (Å²) < 4.78 is 12.9. The smallest absolute Gasteiger partial charge is 0.270 e. The highest BCUT2D eigenvalue weighted by Gasteiger charge is 2.53. The van der Waals surface area contributed by atoms with Gasteiger partial charge in [-0.05, 0) is 50.9 Å². The van der Waals surface area contributed by atoms with Gasteiger partial charge in [-0.2, -0.15) is 5.10 Å². The molecule has 0 saturated heterocycles. The van der Waals surface area contributed by atoms with Crippen molar-refractivity contribution in [2.75, 3.05) is 20.3 Å². The number of nitrogens with one attached hydrogen (secondary N) is 1. The fourth-order valence-corrected chi connectivity index (χ4v) is 5.36. The lowest BCUT2D eigenvalue weighted by Gasteiger charge is -2.57. The fourth-order valence-electron chi connectivity index (χ4n) is 5.36. The summed E-state index contributed by atoms with van der Waals surface area (Å²) in [5.41, 5.74) is 2.95. The number of rotatable bonds is 6. The second kappa shape index (κ2) is 7.18. The topological polar surface area (TPSA) is 85.6 Å². The van der Waals surface area contributed by atoms with Gasteiger partial charge in [-0.1, -0.05) is 0 Å². The van der Waals surface area contributed by atoms with Crippen molar-refractivity contribution in [1.29, 1.82) is 0 Å². The van der Waals surface area contributed by atoms with E-state index in [1.54, 1.807) is 11.8 Å². The minimum atomic E-state index is -0.101. The van der Waals surface area contributed by atoms with Crippen LogP contribution in [0.4, 0.5) is 0 Å². The van der Waals surface area contributed by atoms with Crippen molar-refractivity contribution in [2.45, 2.75) is 70.7 Å². The van der Waals surface area contributed by atoms with Crippen molar-refractivity contribution in [3.63, 3.8) is 0 Å². The van der Waals surface area contributed by atoms with Gasteiger partial charge in [0.1, 0.15) is 5.69 Å². The molecule has 2 atom stereocenters. The summed E-state index contributed by atoms with van der Waals surface area (Å²) in [6.45, 7) is 5.40. The van der Waals surface area contributed by atoms with Crippen LogP contribution in [0.2, 0.25) is 0 Å². The third-order valence-corrected chi connectivity index (χ3v) is 6.51. The zero-order chi connectivity index (χ0) is 19.2. The van der Waals surface area contributed by atoms with E-state index in [9.17, 15) is 9.90 Å². The predicted molar refractivity (Wildman–Crippen MR) is 99.5 cm³/mol. The van der Waals surface area contributed by atoms with Gasteiger partial charge in [0.25, 0.3) is 5.91 Å². The lowest BCUT2D eigenvalue weighted by molar-refractivity contribution is -0.0644. The van der Waals surface area contributed by atoms with Crippen molar-refractivity contribution in [3.05, 3.63) is 17.0 Å². The first-order valence-corrected chi connectivity index (χ1v) is 10.1. The normalized spacial score (nSPS) is 34.7. The number of carbonyl (C=O) groups is 1. The number of fused-ring (bicyclic) bond motifs is 1. The lowest BCUT2D eigenvalue weighted by atomic mass is 9.50. The number of amides is 1. The molecular formula is C20H31N3O4. The Balaban J connectivity index is 1.48. The zero-order valence-corrected chi connectivity index (χ0v) is 16.5. The third kappa shape index (κ3) is 3.41. The molecule has 2 N–H and O–H groups in total. The van der Waals surface area contributed by atoms with Crippen LogP contribution < -0.4 is 5.32 Å². The summed E-state index contributed by atoms with van der Waals surface area (Å²) in [6.07, 6.45) is 4.95. The number of aliphatic hydroxyl groups excluding tert-OH is 1. The number of aromatic nitrogens is 2. The molecule has 1 aromatic rings. The van der Waals surface area contributed by atoms with E-state index in [2.05, 4.69) is 10.4 Å². The molecule has 0 aromatic carbocycles. The van der Waals surface area contributed by atoms with Gasteiger partial charge in [-0.3, -0.25) is 9.48 Å². The van der Waals surface area contributed by atoms with E-state index in [1.165, 1.54) is 0 Å². The van der Waals surface area contributed by atoms with E-state index in [0.717, 1.165) is 36.9 Å². The van der Waals surface area contributed by atoms with Crippen molar-refractivity contribution >= 4 is 5.91 Å². The van der Waals surface area contributed by atoms with E-state index < -0.39 is 0 Å². The second-order valence-corrected chi connectivity index (χ2v) is 8.76. The van der Waals surface area contributed by atoms with Gasteiger partial charge >= 0.3 is 0 Å². The number of hydrogen-bond donors (Lipinski definition) is 2. The molecule has 2 heterocycles. The van der Waals surface area contributed by atoms with Gasteiger partial charge in [0.15, 0.2) is 0 Å². The van der Waals surface area contributed by atoms with Crippen LogP contribution in [0, 0.1) is 11.3 Å². The molecule has 0 unspecified atom stereocenters. The summed E-state index contributed by atoms with van der Waals surface area (Å²) in [5.74, 6) is 0.436. The summed E-state index contributed by atoms with van der Waals surface area (Å²) >= 11 is 0. The Kier molecular flexibility index (Phi) is 5.03. The Hall–Kier alpha value is -1.44. The molecule has 1 aliphatic heterocycles. The highest BCUT2D eigenvalue weighted by atomic mass is 16.5. The predicted octanol–water partition coefficient (Wildman–Crippen LogP) is 1.83. The van der Waals surface area contributed by atoms with E-state index in [1.807, 2.05) is 13.8 Å². The fraction of sp³-hybridized carbons (Fsp3) is 0.800. The maximum atomic E-state index is 13.1. The molecule has 150 valence electrons. The van der Waals surface area contributed by atoms with Gasteiger partial charge in [0.2, 0.25) is 0 Å². The van der Waals surface area contributed by atoms with Gasteiger partial charge in [0.05, 0.1) is 31.1 Å². The van der Waals surface area contributed by atoms with E-state index in [4.69, 9.17) is 9.47 Å². The molecule has 3 aliphatic rings. The molecule has 1 spiro atoms. The number of nitrogens with zero attached hydrogens (tertiary/aromatic N) is 2. The highest BCUT2D eigenvalue weighted by molar-refractivity contribution is 5.94. The average molecular weight is 377 g/mol. The Morgan fingerprint density at radius 1 is 1.37 bits per heavy atom. The molecule has 2 fully saturated rings. The Labute approximate surface area is 160 Å². The number of hydrogen-bond acceptors (Lipinski definition) is 5. The van der Waals surface area contributed by atoms with Crippen LogP contribution in [0.1, 0.15) is 67.4 Å². The molecule has 1 aromatic heterocycles. The molecule has 4 rings (SSSR count). The van der Waals surface area contributed by atoms with Crippen LogP contribution in [0.25, 0.3) is 0 Å². The summed E-state index contributed by atoms with van der Waals surface area (Å²) in [5, 5.41) is 17.1. The third-order valence-electron chi connectivity index (χ3n) is 6.51. The minimum absolute atomic E-state index is 0.0287. The quantitative estimate of drug-likeness (QED) is 0.790. The average Bonchev–Trinajstić information content (AvgIpc) is 2.92. The summed E-state index contributed by atoms with van der Waals surface area (Å²) in [6, 6.07) is 0.230. The number of aliphatic hydroxyl groups is 1. The summed E-state index contributed by atoms with van der Waals surface area (Å²) in [4.78, 5) is 13.1. The molecule has 7 nitrogen and oxygen atoms in total. The second-order valence-electron chi connectivity index (χ2n) is 8.76. The van der Waals surface area contributed by atoms with E-state index in [-0.39, 0.29) is 24.2 Å². The Morgan fingerprint density at radius 3 is 2.78 bits per heavy atom. The van der Waals surface area contributed by atoms with Crippen LogP contribution >= 0.6 is 0 Å². The molecule has 2 aliphatic carbocycles. The first kappa shape index (κ1) is 18.9. The molecule has 7 heteroatoms. The van der Waals surface area contributed by atoms with Crippen LogP contribution in [0.3, 0.4) is 0 Å². The Bertz CT molecular complexity index is 702. The van der Waals surface area contributed by atoms with Gasteiger partial charge in [0, 0.05) is 31.7 Å².